The zero-order valence-electron chi connectivity index (χ0n) is 17.2. The van der Waals surface area contributed by atoms with Gasteiger partial charge in [-0.3, -0.25) is 20.2 Å². The third-order valence-corrected chi connectivity index (χ3v) is 5.99. The molecule has 0 bridgehead atoms. The maximum absolute atomic E-state index is 11.9. The number of hydrogen-bond donors (Lipinski definition) is 2. The summed E-state index contributed by atoms with van der Waals surface area (Å²) in [7, 11) is 0. The van der Waals surface area contributed by atoms with Gasteiger partial charge in [0.1, 0.15) is 0 Å². The quantitative estimate of drug-likeness (QED) is 0.204. The fourth-order valence-electron chi connectivity index (χ4n) is 2.54. The summed E-state index contributed by atoms with van der Waals surface area (Å²) in [5.41, 5.74) is 1.79. The smallest absolute Gasteiger partial charge is 0.332 e. The number of nitro groups is 1. The van der Waals surface area contributed by atoms with E-state index in [1.54, 1.807) is 26.0 Å². The van der Waals surface area contributed by atoms with E-state index in [-0.39, 0.29) is 22.4 Å². The first-order valence-electron chi connectivity index (χ1n) is 9.26. The standard InChI is InChI=1S/C19H18N6O5S2/c1-4-30-15(26)9-14-17(27)22-19(31-14)24-23-11(3)16-10(2)20-18(32-16)21-12-6-5-7-13(8-12)25(28)29/h5-9H,4H2,1-3H3,(H,20,21)(H,22,24,27)/b14-9+,23-11+. The van der Waals surface area contributed by atoms with Crippen LogP contribution in [0, 0.1) is 17.0 Å². The van der Waals surface area contributed by atoms with Crippen molar-refractivity contribution in [3.63, 3.8) is 0 Å². The normalized spacial score (nSPS) is 16.3. The first kappa shape index (κ1) is 23.1. The van der Waals surface area contributed by atoms with Gasteiger partial charge in [-0.2, -0.15) is 5.10 Å². The Balaban J connectivity index is 1.73. The number of ether oxygens (including phenoxy) is 1. The van der Waals surface area contributed by atoms with Crippen molar-refractivity contribution in [3.05, 3.63) is 55.9 Å². The number of non-ortho nitro benzene ring substituents is 1. The molecule has 2 aromatic rings. The molecule has 11 nitrogen and oxygen atoms in total. The van der Waals surface area contributed by atoms with Gasteiger partial charge in [-0.05, 0) is 38.6 Å². The van der Waals surface area contributed by atoms with Crippen LogP contribution in [0.3, 0.4) is 0 Å². The van der Waals surface area contributed by atoms with Crippen LogP contribution in [0.5, 0.6) is 0 Å². The summed E-state index contributed by atoms with van der Waals surface area (Å²) in [5.74, 6) is -1.05. The molecular weight excluding hydrogens is 456 g/mol. The van der Waals surface area contributed by atoms with Crippen molar-refractivity contribution in [3.8, 4) is 0 Å². The SMILES string of the molecule is CCOC(=O)/C=C1/S/C(=N\N=C(/C)c2sc(Nc3cccc([N+](=O)[O-])c3)nc2C)NC1=O. The van der Waals surface area contributed by atoms with Crippen LogP contribution in [-0.4, -0.2) is 39.3 Å². The summed E-state index contributed by atoms with van der Waals surface area (Å²) in [4.78, 5) is 39.3. The molecule has 1 aliphatic heterocycles. The van der Waals surface area contributed by atoms with Gasteiger partial charge in [0.15, 0.2) is 10.3 Å². The van der Waals surface area contributed by atoms with Crippen LogP contribution in [0.25, 0.3) is 0 Å². The van der Waals surface area contributed by atoms with E-state index in [0.29, 0.717) is 22.2 Å². The maximum Gasteiger partial charge on any atom is 0.332 e. The number of aromatic nitrogens is 1. The van der Waals surface area contributed by atoms with Crippen LogP contribution in [0.1, 0.15) is 24.4 Å². The predicted molar refractivity (Wildman–Crippen MR) is 123 cm³/mol. The Labute approximate surface area is 190 Å². The molecule has 0 spiro atoms. The fourth-order valence-corrected chi connectivity index (χ4v) is 4.20. The van der Waals surface area contributed by atoms with E-state index in [1.807, 2.05) is 6.92 Å². The molecular formula is C19H18N6O5S2. The number of carbonyl (C=O) groups is 2. The van der Waals surface area contributed by atoms with Gasteiger partial charge < -0.3 is 10.1 Å². The number of anilines is 2. The molecule has 1 amide bonds. The molecule has 1 aromatic carbocycles. The third kappa shape index (κ3) is 5.76. The fraction of sp³-hybridized carbons (Fsp3) is 0.211. The number of nitro benzene ring substituents is 1. The van der Waals surface area contributed by atoms with Crippen LogP contribution < -0.4 is 10.6 Å². The lowest BCUT2D eigenvalue weighted by Crippen LogP contribution is -2.19. The molecule has 3 rings (SSSR count). The van der Waals surface area contributed by atoms with Crippen LogP contribution in [0.15, 0.2) is 45.4 Å². The number of hydrogen-bond acceptors (Lipinski definition) is 11. The number of thiazole rings is 1. The van der Waals surface area contributed by atoms with Gasteiger partial charge in [0.05, 0.1) is 32.7 Å². The molecule has 1 aromatic heterocycles. The van der Waals surface area contributed by atoms with E-state index in [2.05, 4.69) is 25.8 Å². The Hall–Kier alpha value is -3.58. The summed E-state index contributed by atoms with van der Waals surface area (Å²) >= 11 is 2.30. The highest BCUT2D eigenvalue weighted by atomic mass is 32.2. The summed E-state index contributed by atoms with van der Waals surface area (Å²) in [6.07, 6.45) is 1.11. The highest BCUT2D eigenvalue weighted by Crippen LogP contribution is 2.28. The molecule has 0 atom stereocenters. The molecule has 0 aliphatic carbocycles. The molecule has 166 valence electrons. The first-order chi connectivity index (χ1) is 15.3. The van der Waals surface area contributed by atoms with Gasteiger partial charge >= 0.3 is 5.97 Å². The highest BCUT2D eigenvalue weighted by molar-refractivity contribution is 8.18. The molecule has 1 fully saturated rings. The second-order valence-corrected chi connectivity index (χ2v) is 8.30. The average Bonchev–Trinajstić information content (AvgIpc) is 3.28. The number of benzene rings is 1. The number of aryl methyl sites for hydroxylation is 1. The van der Waals surface area contributed by atoms with Crippen LogP contribution in [-0.2, 0) is 14.3 Å². The van der Waals surface area contributed by atoms with Crippen LogP contribution >= 0.6 is 23.1 Å². The number of carbonyl (C=O) groups excluding carboxylic acids is 2. The van der Waals surface area contributed by atoms with Crippen molar-refractivity contribution in [2.24, 2.45) is 10.2 Å². The van der Waals surface area contributed by atoms with E-state index in [1.165, 1.54) is 23.5 Å². The van der Waals surface area contributed by atoms with E-state index >= 15 is 0 Å². The number of rotatable bonds is 7. The molecule has 0 saturated carbocycles. The Morgan fingerprint density at radius 3 is 2.94 bits per heavy atom. The Morgan fingerprint density at radius 1 is 1.44 bits per heavy atom. The number of esters is 1. The van der Waals surface area contributed by atoms with Gasteiger partial charge in [0, 0.05) is 23.9 Å². The molecule has 2 N–H and O–H groups in total. The molecule has 2 heterocycles. The summed E-state index contributed by atoms with van der Waals surface area (Å²) in [6.45, 7) is 5.45. The van der Waals surface area contributed by atoms with Crippen molar-refractivity contribution >= 4 is 62.4 Å². The summed E-state index contributed by atoms with van der Waals surface area (Å²) in [5, 5.41) is 25.5. The minimum Gasteiger partial charge on any atom is -0.463 e. The number of amides is 1. The second kappa shape index (κ2) is 10.2. The van der Waals surface area contributed by atoms with Crippen molar-refractivity contribution in [2.45, 2.75) is 20.8 Å². The van der Waals surface area contributed by atoms with Gasteiger partial charge in [-0.1, -0.05) is 17.4 Å². The molecule has 1 saturated heterocycles. The number of nitrogens with zero attached hydrogens (tertiary/aromatic N) is 4. The van der Waals surface area contributed by atoms with Gasteiger partial charge in [0.2, 0.25) is 0 Å². The lowest BCUT2D eigenvalue weighted by atomic mass is 10.3. The maximum atomic E-state index is 11.9. The molecule has 0 radical (unpaired) electrons. The Kier molecular flexibility index (Phi) is 7.33. The van der Waals surface area contributed by atoms with E-state index in [0.717, 1.165) is 22.7 Å². The van der Waals surface area contributed by atoms with E-state index in [4.69, 9.17) is 4.74 Å². The minimum absolute atomic E-state index is 0.0236. The number of thioether (sulfide) groups is 1. The molecule has 1 aliphatic rings. The highest BCUT2D eigenvalue weighted by Gasteiger charge is 2.25. The molecule has 13 heteroatoms. The zero-order valence-corrected chi connectivity index (χ0v) is 18.9. The molecule has 0 unspecified atom stereocenters. The van der Waals surface area contributed by atoms with Gasteiger partial charge in [0.25, 0.3) is 11.6 Å². The summed E-state index contributed by atoms with van der Waals surface area (Å²) in [6, 6.07) is 6.12. The predicted octanol–water partition coefficient (Wildman–Crippen LogP) is 3.49. The minimum atomic E-state index is -0.602. The van der Waals surface area contributed by atoms with Gasteiger partial charge in [-0.25, -0.2) is 9.78 Å². The van der Waals surface area contributed by atoms with Crippen LogP contribution in [0.2, 0.25) is 0 Å². The lowest BCUT2D eigenvalue weighted by Gasteiger charge is -2.01. The zero-order chi connectivity index (χ0) is 23.3. The first-order valence-corrected chi connectivity index (χ1v) is 10.9. The average molecular weight is 475 g/mol. The summed E-state index contributed by atoms with van der Waals surface area (Å²) < 4.78 is 4.80. The number of nitrogens with one attached hydrogen (secondary N) is 2. The second-order valence-electron chi connectivity index (χ2n) is 6.27. The lowest BCUT2D eigenvalue weighted by molar-refractivity contribution is -0.384. The van der Waals surface area contributed by atoms with Crippen molar-refractivity contribution in [1.29, 1.82) is 0 Å². The largest absolute Gasteiger partial charge is 0.463 e. The molecule has 32 heavy (non-hydrogen) atoms. The Bertz CT molecular complexity index is 1170. The third-order valence-electron chi connectivity index (χ3n) is 3.91. The van der Waals surface area contributed by atoms with Crippen molar-refractivity contribution in [2.75, 3.05) is 11.9 Å². The Morgan fingerprint density at radius 2 is 2.22 bits per heavy atom. The van der Waals surface area contributed by atoms with Crippen molar-refractivity contribution < 1.29 is 19.2 Å². The van der Waals surface area contributed by atoms with Gasteiger partial charge in [-0.15, -0.1) is 5.10 Å². The van der Waals surface area contributed by atoms with E-state index in [9.17, 15) is 19.7 Å². The topological polar surface area (TPSA) is 148 Å². The van der Waals surface area contributed by atoms with Crippen LogP contribution in [0.4, 0.5) is 16.5 Å². The van der Waals surface area contributed by atoms with Crippen molar-refractivity contribution in [1.82, 2.24) is 10.3 Å². The van der Waals surface area contributed by atoms with E-state index < -0.39 is 16.8 Å². The number of amidine groups is 1. The monoisotopic (exact) mass is 474 g/mol.